The van der Waals surface area contributed by atoms with Crippen molar-refractivity contribution in [2.24, 2.45) is 0 Å². The van der Waals surface area contributed by atoms with Crippen LogP contribution in [0.3, 0.4) is 0 Å². The summed E-state index contributed by atoms with van der Waals surface area (Å²) in [7, 11) is 0. The van der Waals surface area contributed by atoms with Crippen molar-refractivity contribution in [2.75, 3.05) is 11.9 Å². The van der Waals surface area contributed by atoms with Gasteiger partial charge in [-0.2, -0.15) is 16.4 Å². The van der Waals surface area contributed by atoms with Crippen LogP contribution in [0.4, 0.5) is 5.69 Å². The fourth-order valence-corrected chi connectivity index (χ4v) is 2.53. The third-order valence-electron chi connectivity index (χ3n) is 2.60. The highest BCUT2D eigenvalue weighted by Gasteiger charge is 2.07. The van der Waals surface area contributed by atoms with Crippen LogP contribution < -0.4 is 10.9 Å². The van der Waals surface area contributed by atoms with Gasteiger partial charge in [0.05, 0.1) is 18.4 Å². The summed E-state index contributed by atoms with van der Waals surface area (Å²) >= 11 is 7.70. The molecule has 0 aliphatic rings. The molecule has 2 rings (SSSR count). The monoisotopic (exact) mass is 295 g/mol. The molecule has 0 bridgehead atoms. The highest BCUT2D eigenvalue weighted by molar-refractivity contribution is 7.07. The Morgan fingerprint density at radius 1 is 1.58 bits per heavy atom. The Hall–Kier alpha value is -1.59. The van der Waals surface area contributed by atoms with Gasteiger partial charge in [-0.15, -0.1) is 6.58 Å². The number of aromatic nitrogens is 2. The zero-order chi connectivity index (χ0) is 13.7. The molecule has 0 aliphatic carbocycles. The van der Waals surface area contributed by atoms with Gasteiger partial charge in [-0.25, -0.2) is 4.68 Å². The minimum Gasteiger partial charge on any atom is -0.382 e. The zero-order valence-electron chi connectivity index (χ0n) is 10.3. The van der Waals surface area contributed by atoms with E-state index in [1.807, 2.05) is 5.38 Å². The van der Waals surface area contributed by atoms with Gasteiger partial charge in [0, 0.05) is 6.54 Å². The van der Waals surface area contributed by atoms with Gasteiger partial charge >= 0.3 is 0 Å². The standard InChI is InChI=1S/C13H14ClN3OS/c1-2-6-17-13(18)12(14)11(8-16-17)15-5-3-10-4-7-19-9-10/h2,4,7-9,15H,1,3,5-6H2. The number of hydrogen-bond acceptors (Lipinski definition) is 4. The predicted molar refractivity (Wildman–Crippen MR) is 80.2 cm³/mol. The SMILES string of the molecule is C=CCn1ncc(NCCc2ccsc2)c(Cl)c1=O. The Balaban J connectivity index is 2.02. The molecule has 0 unspecified atom stereocenters. The van der Waals surface area contributed by atoms with Crippen LogP contribution in [0.1, 0.15) is 5.56 Å². The van der Waals surface area contributed by atoms with Gasteiger partial charge in [0.1, 0.15) is 5.02 Å². The van der Waals surface area contributed by atoms with E-state index in [-0.39, 0.29) is 10.6 Å². The minimum atomic E-state index is -0.304. The smallest absolute Gasteiger partial charge is 0.287 e. The van der Waals surface area contributed by atoms with E-state index in [1.54, 1.807) is 23.6 Å². The topological polar surface area (TPSA) is 46.9 Å². The van der Waals surface area contributed by atoms with Crippen molar-refractivity contribution >= 4 is 28.6 Å². The maximum Gasteiger partial charge on any atom is 0.287 e. The molecule has 0 aromatic carbocycles. The van der Waals surface area contributed by atoms with Gasteiger partial charge in [-0.05, 0) is 28.8 Å². The van der Waals surface area contributed by atoms with Gasteiger partial charge in [-0.3, -0.25) is 4.79 Å². The number of allylic oxidation sites excluding steroid dienone is 1. The summed E-state index contributed by atoms with van der Waals surface area (Å²) in [5, 5.41) is 11.5. The van der Waals surface area contributed by atoms with Crippen LogP contribution in [0.25, 0.3) is 0 Å². The molecule has 100 valence electrons. The quantitative estimate of drug-likeness (QED) is 0.834. The van der Waals surface area contributed by atoms with Gasteiger partial charge in [-0.1, -0.05) is 17.7 Å². The largest absolute Gasteiger partial charge is 0.382 e. The van der Waals surface area contributed by atoms with Crippen LogP contribution in [0, 0.1) is 0 Å². The molecule has 19 heavy (non-hydrogen) atoms. The average molecular weight is 296 g/mol. The van der Waals surface area contributed by atoms with E-state index >= 15 is 0 Å². The summed E-state index contributed by atoms with van der Waals surface area (Å²) in [6.07, 6.45) is 4.06. The Morgan fingerprint density at radius 2 is 2.42 bits per heavy atom. The van der Waals surface area contributed by atoms with E-state index in [0.717, 1.165) is 6.42 Å². The first-order valence-corrected chi connectivity index (χ1v) is 7.16. The number of thiophene rings is 1. The number of rotatable bonds is 6. The Bertz CT molecular complexity index is 607. The molecule has 0 atom stereocenters. The first-order chi connectivity index (χ1) is 9.22. The Morgan fingerprint density at radius 3 is 3.11 bits per heavy atom. The molecule has 0 fully saturated rings. The van der Waals surface area contributed by atoms with Gasteiger partial charge in [0.25, 0.3) is 5.56 Å². The summed E-state index contributed by atoms with van der Waals surface area (Å²) in [5.41, 5.74) is 1.53. The highest BCUT2D eigenvalue weighted by Crippen LogP contribution is 2.15. The van der Waals surface area contributed by atoms with Gasteiger partial charge in [0.2, 0.25) is 0 Å². The van der Waals surface area contributed by atoms with Crippen LogP contribution in [-0.2, 0) is 13.0 Å². The van der Waals surface area contributed by atoms with Gasteiger partial charge in [0.15, 0.2) is 0 Å². The third kappa shape index (κ3) is 3.45. The third-order valence-corrected chi connectivity index (χ3v) is 3.69. The number of nitrogens with zero attached hydrogens (tertiary/aromatic N) is 2. The van der Waals surface area contributed by atoms with Crippen molar-refractivity contribution in [3.8, 4) is 0 Å². The zero-order valence-corrected chi connectivity index (χ0v) is 11.9. The number of anilines is 1. The normalized spacial score (nSPS) is 10.4. The second kappa shape index (κ2) is 6.54. The van der Waals surface area contributed by atoms with Gasteiger partial charge < -0.3 is 5.32 Å². The summed E-state index contributed by atoms with van der Waals surface area (Å²) in [6.45, 7) is 4.64. The van der Waals surface area contributed by atoms with E-state index in [4.69, 9.17) is 11.6 Å². The van der Waals surface area contributed by atoms with Crippen molar-refractivity contribution in [3.05, 3.63) is 56.6 Å². The fourth-order valence-electron chi connectivity index (χ4n) is 1.62. The molecule has 6 heteroatoms. The van der Waals surface area contributed by atoms with E-state index in [2.05, 4.69) is 28.4 Å². The van der Waals surface area contributed by atoms with Crippen LogP contribution in [-0.4, -0.2) is 16.3 Å². The molecule has 0 aliphatic heterocycles. The number of hydrogen-bond donors (Lipinski definition) is 1. The van der Waals surface area contributed by atoms with Crippen LogP contribution in [0.15, 0.2) is 40.5 Å². The molecule has 0 spiro atoms. The lowest BCUT2D eigenvalue weighted by atomic mass is 10.2. The molecule has 2 aromatic heterocycles. The van der Waals surface area contributed by atoms with Crippen molar-refractivity contribution in [2.45, 2.75) is 13.0 Å². The molecule has 2 heterocycles. The lowest BCUT2D eigenvalue weighted by Crippen LogP contribution is -2.24. The number of halogens is 1. The van der Waals surface area contributed by atoms with Crippen molar-refractivity contribution < 1.29 is 0 Å². The Kier molecular flexibility index (Phi) is 4.76. The van der Waals surface area contributed by atoms with Crippen molar-refractivity contribution in [1.82, 2.24) is 9.78 Å². The predicted octanol–water partition coefficient (Wildman–Crippen LogP) is 2.80. The molecule has 0 amide bonds. The second-order valence-electron chi connectivity index (χ2n) is 3.96. The van der Waals surface area contributed by atoms with Crippen LogP contribution in [0.5, 0.6) is 0 Å². The first kappa shape index (κ1) is 13.8. The van der Waals surface area contributed by atoms with E-state index in [0.29, 0.717) is 18.8 Å². The second-order valence-corrected chi connectivity index (χ2v) is 5.11. The minimum absolute atomic E-state index is 0.169. The summed E-state index contributed by atoms with van der Waals surface area (Å²) < 4.78 is 1.28. The summed E-state index contributed by atoms with van der Waals surface area (Å²) in [6, 6.07) is 2.08. The summed E-state index contributed by atoms with van der Waals surface area (Å²) in [5.74, 6) is 0. The van der Waals surface area contributed by atoms with E-state index < -0.39 is 0 Å². The van der Waals surface area contributed by atoms with Crippen LogP contribution >= 0.6 is 22.9 Å². The maximum atomic E-state index is 11.9. The number of nitrogens with one attached hydrogen (secondary N) is 1. The molecular formula is C13H14ClN3OS. The lowest BCUT2D eigenvalue weighted by molar-refractivity contribution is 0.653. The summed E-state index contributed by atoms with van der Waals surface area (Å²) in [4.78, 5) is 11.9. The average Bonchev–Trinajstić information content (AvgIpc) is 2.91. The molecule has 2 aromatic rings. The first-order valence-electron chi connectivity index (χ1n) is 5.84. The molecule has 1 N–H and O–H groups in total. The van der Waals surface area contributed by atoms with Crippen LogP contribution in [0.2, 0.25) is 5.02 Å². The molecular weight excluding hydrogens is 282 g/mol. The maximum absolute atomic E-state index is 11.9. The van der Waals surface area contributed by atoms with E-state index in [9.17, 15) is 4.79 Å². The van der Waals surface area contributed by atoms with E-state index in [1.165, 1.54) is 10.2 Å². The van der Waals surface area contributed by atoms with Crippen molar-refractivity contribution in [3.63, 3.8) is 0 Å². The fraction of sp³-hybridized carbons (Fsp3) is 0.231. The molecule has 4 nitrogen and oxygen atoms in total. The van der Waals surface area contributed by atoms with Crippen molar-refractivity contribution in [1.29, 1.82) is 0 Å². The highest BCUT2D eigenvalue weighted by atomic mass is 35.5. The molecule has 0 saturated carbocycles. The molecule has 0 radical (unpaired) electrons. The molecule has 0 saturated heterocycles. The Labute approximate surface area is 120 Å². The lowest BCUT2D eigenvalue weighted by Gasteiger charge is -2.08.